The van der Waals surface area contributed by atoms with Crippen LogP contribution in [0, 0.1) is 20.8 Å². The summed E-state index contributed by atoms with van der Waals surface area (Å²) in [6.07, 6.45) is 6.30. The minimum atomic E-state index is 0. The molecule has 0 radical (unpaired) electrons. The first-order valence-electron chi connectivity index (χ1n) is 6.42. The molecule has 0 spiro atoms. The minimum Gasteiger partial charge on any atom is -1.00 e. The summed E-state index contributed by atoms with van der Waals surface area (Å²) in [5.41, 5.74) is 11.0. The van der Waals surface area contributed by atoms with Crippen molar-refractivity contribution in [2.75, 3.05) is 6.54 Å². The van der Waals surface area contributed by atoms with Gasteiger partial charge in [0.1, 0.15) is 25.5 Å². The Morgan fingerprint density at radius 3 is 2.37 bits per heavy atom. The van der Waals surface area contributed by atoms with Crippen LogP contribution in [0.2, 0.25) is 0 Å². The van der Waals surface area contributed by atoms with E-state index in [0.717, 1.165) is 13.1 Å². The van der Waals surface area contributed by atoms with E-state index in [9.17, 15) is 0 Å². The van der Waals surface area contributed by atoms with E-state index in [1.54, 1.807) is 0 Å². The lowest BCUT2D eigenvalue weighted by Gasteiger charge is -2.09. The van der Waals surface area contributed by atoms with Crippen molar-refractivity contribution >= 4 is 0 Å². The van der Waals surface area contributed by atoms with Crippen molar-refractivity contribution < 1.29 is 21.5 Å². The van der Waals surface area contributed by atoms with E-state index in [0.29, 0.717) is 6.54 Å². The second kappa shape index (κ2) is 6.87. The Kier molecular flexibility index (Phi) is 5.76. The topological polar surface area (TPSA) is 34.8 Å². The van der Waals surface area contributed by atoms with Gasteiger partial charge < -0.3 is 22.7 Å². The molecule has 0 saturated heterocycles. The Labute approximate surface area is 125 Å². The Morgan fingerprint density at radius 1 is 1.16 bits per heavy atom. The van der Waals surface area contributed by atoms with E-state index in [-0.39, 0.29) is 17.0 Å². The van der Waals surface area contributed by atoms with Gasteiger partial charge in [-0.25, -0.2) is 9.13 Å². The summed E-state index contributed by atoms with van der Waals surface area (Å²) >= 11 is 0. The van der Waals surface area contributed by atoms with Crippen molar-refractivity contribution in [3.8, 4) is 0 Å². The number of aryl methyl sites for hydroxylation is 3. The smallest absolute Gasteiger partial charge is 0.244 e. The number of hydrogen-bond acceptors (Lipinski definition) is 1. The molecule has 0 bridgehead atoms. The summed E-state index contributed by atoms with van der Waals surface area (Å²) in [6, 6.07) is 4.50. The molecule has 1 heterocycles. The predicted octanol–water partition coefficient (Wildman–Crippen LogP) is -1.29. The summed E-state index contributed by atoms with van der Waals surface area (Å²) in [4.78, 5) is 0. The molecule has 104 valence electrons. The summed E-state index contributed by atoms with van der Waals surface area (Å²) < 4.78 is 4.33. The van der Waals surface area contributed by atoms with Crippen molar-refractivity contribution in [1.29, 1.82) is 0 Å². The summed E-state index contributed by atoms with van der Waals surface area (Å²) in [5, 5.41) is 0. The maximum Gasteiger partial charge on any atom is 0.244 e. The fraction of sp³-hybridized carbons (Fsp3) is 0.400. The molecule has 2 rings (SSSR count). The lowest BCUT2D eigenvalue weighted by atomic mass is 10.00. The van der Waals surface area contributed by atoms with Gasteiger partial charge in [0.2, 0.25) is 6.33 Å². The highest BCUT2D eigenvalue weighted by atomic mass is 79.9. The number of rotatable bonds is 4. The monoisotopic (exact) mass is 323 g/mol. The molecule has 2 aromatic rings. The van der Waals surface area contributed by atoms with E-state index >= 15 is 0 Å². The molecule has 1 aromatic carbocycles. The van der Waals surface area contributed by atoms with Gasteiger partial charge in [-0.1, -0.05) is 17.7 Å². The Hall–Kier alpha value is -1.13. The van der Waals surface area contributed by atoms with Crippen LogP contribution in [0.1, 0.15) is 22.3 Å². The quantitative estimate of drug-likeness (QED) is 0.698. The van der Waals surface area contributed by atoms with Crippen molar-refractivity contribution in [1.82, 2.24) is 4.57 Å². The maximum absolute atomic E-state index is 5.56. The number of benzene rings is 1. The zero-order valence-electron chi connectivity index (χ0n) is 11.9. The Balaban J connectivity index is 0.00000180. The van der Waals surface area contributed by atoms with Gasteiger partial charge >= 0.3 is 0 Å². The molecule has 0 aliphatic rings. The number of halogens is 1. The van der Waals surface area contributed by atoms with Crippen LogP contribution >= 0.6 is 0 Å². The molecule has 1 aromatic heterocycles. The number of aromatic nitrogens is 2. The van der Waals surface area contributed by atoms with E-state index in [1.165, 1.54) is 22.3 Å². The molecule has 0 unspecified atom stereocenters. The standard InChI is InChI=1S/C15H22N3.BrH/c1-12-8-13(2)15(14(3)9-12)10-18-7-6-17(11-18)5-4-16;/h6-9,11H,4-5,10,16H2,1-3H3;1H/q+1;/p-1. The number of nitrogens with two attached hydrogens (primary N) is 1. The second-order valence-corrected chi connectivity index (χ2v) is 4.99. The van der Waals surface area contributed by atoms with Gasteiger partial charge in [0, 0.05) is 6.54 Å². The van der Waals surface area contributed by atoms with Crippen molar-refractivity contribution in [2.45, 2.75) is 33.9 Å². The molecule has 0 aliphatic carbocycles. The fourth-order valence-electron chi connectivity index (χ4n) is 2.46. The van der Waals surface area contributed by atoms with Crippen molar-refractivity contribution in [3.63, 3.8) is 0 Å². The van der Waals surface area contributed by atoms with Crippen LogP contribution < -0.4 is 27.3 Å². The van der Waals surface area contributed by atoms with Crippen LogP contribution in [-0.4, -0.2) is 11.1 Å². The van der Waals surface area contributed by atoms with Gasteiger partial charge in [-0.2, -0.15) is 0 Å². The van der Waals surface area contributed by atoms with E-state index in [1.807, 2.05) is 0 Å². The van der Waals surface area contributed by atoms with Crippen LogP contribution in [0.15, 0.2) is 30.9 Å². The molecule has 2 N–H and O–H groups in total. The molecule has 0 saturated carbocycles. The van der Waals surface area contributed by atoms with Crippen molar-refractivity contribution in [3.05, 3.63) is 53.1 Å². The highest BCUT2D eigenvalue weighted by molar-refractivity contribution is 5.36. The molecule has 4 heteroatoms. The van der Waals surface area contributed by atoms with Crippen LogP contribution in [0.3, 0.4) is 0 Å². The average Bonchev–Trinajstić information content (AvgIpc) is 2.72. The van der Waals surface area contributed by atoms with Crippen molar-refractivity contribution in [2.24, 2.45) is 5.73 Å². The predicted molar refractivity (Wildman–Crippen MR) is 73.4 cm³/mol. The van der Waals surface area contributed by atoms with Crippen LogP contribution in [-0.2, 0) is 13.1 Å². The third kappa shape index (κ3) is 3.91. The lowest BCUT2D eigenvalue weighted by molar-refractivity contribution is -0.688. The second-order valence-electron chi connectivity index (χ2n) is 4.99. The Bertz CT molecular complexity index is 523. The first kappa shape index (κ1) is 15.9. The summed E-state index contributed by atoms with van der Waals surface area (Å²) in [5.74, 6) is 0. The zero-order valence-corrected chi connectivity index (χ0v) is 13.4. The van der Waals surface area contributed by atoms with E-state index in [2.05, 4.69) is 60.8 Å². The van der Waals surface area contributed by atoms with Crippen LogP contribution in [0.25, 0.3) is 0 Å². The average molecular weight is 324 g/mol. The highest BCUT2D eigenvalue weighted by Gasteiger charge is 2.09. The first-order valence-corrected chi connectivity index (χ1v) is 6.42. The normalized spacial score (nSPS) is 10.3. The molecular formula is C15H22BrN3. The molecular weight excluding hydrogens is 302 g/mol. The van der Waals surface area contributed by atoms with E-state index in [4.69, 9.17) is 5.73 Å². The summed E-state index contributed by atoms with van der Waals surface area (Å²) in [6.45, 7) is 9.00. The molecule has 0 amide bonds. The number of hydrogen-bond donors (Lipinski definition) is 1. The molecule has 19 heavy (non-hydrogen) atoms. The first-order chi connectivity index (χ1) is 8.60. The van der Waals surface area contributed by atoms with Crippen LogP contribution in [0.5, 0.6) is 0 Å². The lowest BCUT2D eigenvalue weighted by Crippen LogP contribution is -3.00. The molecule has 3 nitrogen and oxygen atoms in total. The SMILES string of the molecule is Cc1cc(C)c(C[n+]2ccn(CCN)c2)c(C)c1.[Br-]. The maximum atomic E-state index is 5.56. The molecule has 0 atom stereocenters. The largest absolute Gasteiger partial charge is 1.00 e. The van der Waals surface area contributed by atoms with Gasteiger partial charge in [-0.05, 0) is 37.5 Å². The molecule has 0 aliphatic heterocycles. The van der Waals surface area contributed by atoms with Gasteiger partial charge in [0.05, 0.1) is 0 Å². The third-order valence-electron chi connectivity index (χ3n) is 3.31. The van der Waals surface area contributed by atoms with Gasteiger partial charge in [0.15, 0.2) is 0 Å². The number of imidazole rings is 1. The third-order valence-corrected chi connectivity index (χ3v) is 3.31. The number of nitrogens with zero attached hydrogens (tertiary/aromatic N) is 2. The summed E-state index contributed by atoms with van der Waals surface area (Å²) in [7, 11) is 0. The molecule has 0 fully saturated rings. The van der Waals surface area contributed by atoms with Gasteiger partial charge in [0.25, 0.3) is 0 Å². The fourth-order valence-corrected chi connectivity index (χ4v) is 2.46. The minimum absolute atomic E-state index is 0. The van der Waals surface area contributed by atoms with Gasteiger partial charge in [-0.3, -0.25) is 0 Å². The zero-order chi connectivity index (χ0) is 13.1. The van der Waals surface area contributed by atoms with E-state index < -0.39 is 0 Å². The Morgan fingerprint density at radius 2 is 1.79 bits per heavy atom. The van der Waals surface area contributed by atoms with Gasteiger partial charge in [-0.15, -0.1) is 0 Å². The highest BCUT2D eigenvalue weighted by Crippen LogP contribution is 2.15. The van der Waals surface area contributed by atoms with Crippen LogP contribution in [0.4, 0.5) is 0 Å².